The molecular weight excluding hydrogens is 416 g/mol. The van der Waals surface area contributed by atoms with Gasteiger partial charge in [0.25, 0.3) is 5.91 Å². The fourth-order valence-corrected chi connectivity index (χ4v) is 3.48. The number of nitrogens with zero attached hydrogens (tertiary/aromatic N) is 3. The quantitative estimate of drug-likeness (QED) is 0.314. The van der Waals surface area contributed by atoms with Crippen LogP contribution in [0.4, 0.5) is 5.13 Å². The van der Waals surface area contributed by atoms with Gasteiger partial charge in [-0.2, -0.15) is 5.26 Å². The van der Waals surface area contributed by atoms with Crippen molar-refractivity contribution in [3.8, 4) is 17.4 Å². The normalized spacial score (nSPS) is 11.1. The number of anilines is 1. The van der Waals surface area contributed by atoms with Crippen molar-refractivity contribution in [3.05, 3.63) is 58.3 Å². The Morgan fingerprint density at radius 1 is 1.19 bits per heavy atom. The smallest absolute Gasteiger partial charge is 0.338 e. The number of aromatic nitrogens is 2. The number of rotatable bonds is 8. The Hall–Kier alpha value is -3.77. The molecule has 0 aliphatic carbocycles. The van der Waals surface area contributed by atoms with Gasteiger partial charge in [0.2, 0.25) is 5.13 Å². The molecule has 0 radical (unpaired) electrons. The number of aryl methyl sites for hydroxylation is 1. The Morgan fingerprint density at radius 2 is 1.97 bits per heavy atom. The first-order valence-corrected chi connectivity index (χ1v) is 10.5. The van der Waals surface area contributed by atoms with Crippen molar-refractivity contribution in [3.63, 3.8) is 0 Å². The van der Waals surface area contributed by atoms with E-state index in [0.29, 0.717) is 28.8 Å². The van der Waals surface area contributed by atoms with Gasteiger partial charge in [0.1, 0.15) is 28.2 Å². The van der Waals surface area contributed by atoms with Crippen LogP contribution in [0, 0.1) is 11.3 Å². The van der Waals surface area contributed by atoms with Gasteiger partial charge < -0.3 is 9.15 Å². The van der Waals surface area contributed by atoms with Crippen LogP contribution in [0.3, 0.4) is 0 Å². The van der Waals surface area contributed by atoms with Crippen molar-refractivity contribution >= 4 is 34.4 Å². The summed E-state index contributed by atoms with van der Waals surface area (Å²) in [5.74, 6) is -0.0923. The zero-order valence-electron chi connectivity index (χ0n) is 17.0. The molecule has 31 heavy (non-hydrogen) atoms. The Bertz CT molecular complexity index is 1140. The van der Waals surface area contributed by atoms with E-state index in [2.05, 4.69) is 15.5 Å². The summed E-state index contributed by atoms with van der Waals surface area (Å²) >= 11 is 1.28. The van der Waals surface area contributed by atoms with E-state index in [1.54, 1.807) is 43.3 Å². The largest absolute Gasteiger partial charge is 0.462 e. The number of ether oxygens (including phenoxy) is 1. The highest BCUT2D eigenvalue weighted by Crippen LogP contribution is 2.24. The highest BCUT2D eigenvalue weighted by Gasteiger charge is 2.14. The summed E-state index contributed by atoms with van der Waals surface area (Å²) in [7, 11) is 0. The molecule has 1 N–H and O–H groups in total. The highest BCUT2D eigenvalue weighted by atomic mass is 32.1. The topological polar surface area (TPSA) is 118 Å². The van der Waals surface area contributed by atoms with Crippen LogP contribution in [0.15, 0.2) is 46.4 Å². The fraction of sp³-hybridized carbons (Fsp3) is 0.227. The van der Waals surface area contributed by atoms with Gasteiger partial charge in [0, 0.05) is 18.1 Å². The molecular formula is C22H20N4O4S. The molecule has 1 aromatic carbocycles. The maximum absolute atomic E-state index is 12.4. The van der Waals surface area contributed by atoms with Crippen molar-refractivity contribution in [2.75, 3.05) is 11.9 Å². The molecule has 1 amide bonds. The van der Waals surface area contributed by atoms with Crippen molar-refractivity contribution in [1.29, 1.82) is 5.26 Å². The number of esters is 1. The van der Waals surface area contributed by atoms with E-state index in [-0.39, 0.29) is 11.5 Å². The molecule has 0 saturated carbocycles. The number of amides is 1. The third-order valence-corrected chi connectivity index (χ3v) is 5.01. The van der Waals surface area contributed by atoms with Crippen molar-refractivity contribution < 1.29 is 18.7 Å². The number of hydrogen-bond donors (Lipinski definition) is 1. The molecule has 0 bridgehead atoms. The van der Waals surface area contributed by atoms with Gasteiger partial charge in [-0.15, -0.1) is 10.2 Å². The Labute approximate surface area is 183 Å². The highest BCUT2D eigenvalue weighted by molar-refractivity contribution is 7.15. The molecule has 3 rings (SSSR count). The second-order valence-electron chi connectivity index (χ2n) is 6.37. The summed E-state index contributed by atoms with van der Waals surface area (Å²) in [5.41, 5.74) is 1.07. The van der Waals surface area contributed by atoms with Crippen LogP contribution in [-0.2, 0) is 16.0 Å². The molecule has 0 spiro atoms. The van der Waals surface area contributed by atoms with Crippen LogP contribution in [0.1, 0.15) is 41.4 Å². The van der Waals surface area contributed by atoms with E-state index in [4.69, 9.17) is 9.15 Å². The second-order valence-corrected chi connectivity index (χ2v) is 7.44. The lowest BCUT2D eigenvalue weighted by Gasteiger charge is -2.02. The average molecular weight is 436 g/mol. The minimum Gasteiger partial charge on any atom is -0.462 e. The van der Waals surface area contributed by atoms with Gasteiger partial charge in [-0.3, -0.25) is 10.1 Å². The average Bonchev–Trinajstić information content (AvgIpc) is 3.42. The third-order valence-electron chi connectivity index (χ3n) is 4.11. The zero-order valence-corrected chi connectivity index (χ0v) is 17.9. The number of carbonyl (C=O) groups excluding carboxylic acids is 2. The zero-order chi connectivity index (χ0) is 22.2. The molecule has 3 aromatic rings. The molecule has 9 heteroatoms. The predicted molar refractivity (Wildman–Crippen MR) is 116 cm³/mol. The molecule has 158 valence electrons. The van der Waals surface area contributed by atoms with Crippen LogP contribution < -0.4 is 5.32 Å². The number of nitrogens with one attached hydrogen (secondary N) is 1. The summed E-state index contributed by atoms with van der Waals surface area (Å²) in [6.45, 7) is 4.09. The van der Waals surface area contributed by atoms with E-state index >= 15 is 0 Å². The molecule has 0 atom stereocenters. The summed E-state index contributed by atoms with van der Waals surface area (Å²) in [4.78, 5) is 24.1. The molecule has 2 aromatic heterocycles. The number of carbonyl (C=O) groups is 2. The Balaban J connectivity index is 1.71. The van der Waals surface area contributed by atoms with Crippen molar-refractivity contribution in [2.45, 2.75) is 26.7 Å². The van der Waals surface area contributed by atoms with E-state index < -0.39 is 5.91 Å². The molecule has 0 aliphatic rings. The Morgan fingerprint density at radius 3 is 2.65 bits per heavy atom. The first kappa shape index (κ1) is 21.9. The minimum atomic E-state index is -0.585. The van der Waals surface area contributed by atoms with E-state index in [9.17, 15) is 14.9 Å². The summed E-state index contributed by atoms with van der Waals surface area (Å²) in [6, 6.07) is 12.0. The van der Waals surface area contributed by atoms with Gasteiger partial charge >= 0.3 is 5.97 Å². The van der Waals surface area contributed by atoms with Gasteiger partial charge in [-0.25, -0.2) is 4.79 Å². The first-order chi connectivity index (χ1) is 15.0. The standard InChI is InChI=1S/C22H20N4O4S/c1-3-5-19-25-26-22(31-19)24-20(27)16(13-23)12-17-10-11-18(30-17)14-6-8-15(9-7-14)21(28)29-4-2/h6-12H,3-5H2,1-2H3,(H,24,26,27)/b16-12-. The van der Waals surface area contributed by atoms with Crippen molar-refractivity contribution in [2.24, 2.45) is 0 Å². The number of benzene rings is 1. The monoisotopic (exact) mass is 436 g/mol. The van der Waals surface area contributed by atoms with Gasteiger partial charge in [-0.05, 0) is 37.6 Å². The summed E-state index contributed by atoms with van der Waals surface area (Å²) in [5, 5.41) is 21.0. The van der Waals surface area contributed by atoms with Gasteiger partial charge in [-0.1, -0.05) is 30.4 Å². The lowest BCUT2D eigenvalue weighted by atomic mass is 10.1. The van der Waals surface area contributed by atoms with E-state index in [1.807, 2.05) is 13.0 Å². The van der Waals surface area contributed by atoms with Gasteiger partial charge in [0.05, 0.1) is 12.2 Å². The lowest BCUT2D eigenvalue weighted by Crippen LogP contribution is -2.13. The predicted octanol–water partition coefficient (Wildman–Crippen LogP) is 4.47. The fourth-order valence-electron chi connectivity index (χ4n) is 2.64. The molecule has 2 heterocycles. The van der Waals surface area contributed by atoms with Crippen LogP contribution in [0.5, 0.6) is 0 Å². The number of furan rings is 1. The summed E-state index contributed by atoms with van der Waals surface area (Å²) in [6.07, 6.45) is 3.07. The van der Waals surface area contributed by atoms with Gasteiger partial charge in [0.15, 0.2) is 0 Å². The second kappa shape index (κ2) is 10.3. The van der Waals surface area contributed by atoms with E-state index in [1.165, 1.54) is 17.4 Å². The molecule has 0 aliphatic heterocycles. The molecule has 8 nitrogen and oxygen atoms in total. The first-order valence-electron chi connectivity index (χ1n) is 9.67. The van der Waals surface area contributed by atoms with Crippen LogP contribution in [0.25, 0.3) is 17.4 Å². The maximum Gasteiger partial charge on any atom is 0.338 e. The number of hydrogen-bond acceptors (Lipinski definition) is 8. The third kappa shape index (κ3) is 5.65. The molecule has 0 unspecified atom stereocenters. The SMILES string of the molecule is CCCc1nnc(NC(=O)/C(C#N)=C\c2ccc(-c3ccc(C(=O)OCC)cc3)o2)s1. The maximum atomic E-state index is 12.4. The van der Waals surface area contributed by atoms with Crippen LogP contribution >= 0.6 is 11.3 Å². The molecule has 0 saturated heterocycles. The summed E-state index contributed by atoms with van der Waals surface area (Å²) < 4.78 is 10.7. The van der Waals surface area contributed by atoms with E-state index in [0.717, 1.165) is 23.4 Å². The van der Waals surface area contributed by atoms with Crippen LogP contribution in [-0.4, -0.2) is 28.7 Å². The van der Waals surface area contributed by atoms with Crippen LogP contribution in [0.2, 0.25) is 0 Å². The number of nitriles is 1. The minimum absolute atomic E-state index is 0.120. The lowest BCUT2D eigenvalue weighted by molar-refractivity contribution is -0.112. The van der Waals surface area contributed by atoms with Crippen molar-refractivity contribution in [1.82, 2.24) is 10.2 Å². The Kier molecular flexibility index (Phi) is 7.30. The molecule has 0 fully saturated rings.